The van der Waals surface area contributed by atoms with Crippen molar-refractivity contribution in [3.05, 3.63) is 23.8 Å². The SMILES string of the molecule is CC(C)C(C)(C)C1=CC=CC(Cl)(C(C)(C)C(C)C)C1N. The van der Waals surface area contributed by atoms with Crippen molar-refractivity contribution >= 4 is 11.6 Å². The Morgan fingerprint density at radius 2 is 1.60 bits per heavy atom. The predicted octanol–water partition coefficient (Wildman–Crippen LogP) is 5.15. The van der Waals surface area contributed by atoms with Crippen molar-refractivity contribution in [1.82, 2.24) is 0 Å². The Bertz CT molecular complexity index is 415. The van der Waals surface area contributed by atoms with Crippen LogP contribution in [0.4, 0.5) is 0 Å². The molecule has 0 fully saturated rings. The lowest BCUT2D eigenvalue weighted by Gasteiger charge is -2.51. The highest BCUT2D eigenvalue weighted by atomic mass is 35.5. The van der Waals surface area contributed by atoms with Crippen LogP contribution in [0.2, 0.25) is 0 Å². The average Bonchev–Trinajstić information content (AvgIpc) is 2.31. The van der Waals surface area contributed by atoms with Crippen molar-refractivity contribution < 1.29 is 0 Å². The van der Waals surface area contributed by atoms with Crippen LogP contribution in [0.1, 0.15) is 55.4 Å². The number of hydrogen-bond acceptors (Lipinski definition) is 1. The molecule has 1 rings (SSSR count). The Hall–Kier alpha value is -0.270. The fraction of sp³-hybridized carbons (Fsp3) is 0.778. The van der Waals surface area contributed by atoms with Crippen LogP contribution in [-0.2, 0) is 0 Å². The highest BCUT2D eigenvalue weighted by molar-refractivity contribution is 6.26. The summed E-state index contributed by atoms with van der Waals surface area (Å²) in [7, 11) is 0. The zero-order chi connectivity index (χ0) is 15.9. The standard InChI is InChI=1S/C18H32ClN/c1-12(2)16(5,6)14-10-9-11-18(19,15(14)20)17(7,8)13(3)4/h9-13,15H,20H2,1-8H3. The second-order valence-corrected chi connectivity index (χ2v) is 8.61. The van der Waals surface area contributed by atoms with Gasteiger partial charge in [-0.2, -0.15) is 0 Å². The molecular weight excluding hydrogens is 266 g/mol. The molecule has 1 aliphatic carbocycles. The van der Waals surface area contributed by atoms with Gasteiger partial charge >= 0.3 is 0 Å². The number of hydrogen-bond donors (Lipinski definition) is 1. The van der Waals surface area contributed by atoms with Gasteiger partial charge in [-0.25, -0.2) is 0 Å². The molecule has 2 N–H and O–H groups in total. The summed E-state index contributed by atoms with van der Waals surface area (Å²) in [6.45, 7) is 17.9. The second-order valence-electron chi connectivity index (χ2n) is 7.98. The number of halogens is 1. The summed E-state index contributed by atoms with van der Waals surface area (Å²) >= 11 is 7.07. The molecule has 2 heteroatoms. The van der Waals surface area contributed by atoms with E-state index in [4.69, 9.17) is 17.3 Å². The molecule has 0 heterocycles. The van der Waals surface area contributed by atoms with Crippen LogP contribution >= 0.6 is 11.6 Å². The first-order valence-corrected chi connectivity index (χ1v) is 8.11. The number of rotatable bonds is 4. The van der Waals surface area contributed by atoms with E-state index in [0.29, 0.717) is 11.8 Å². The van der Waals surface area contributed by atoms with Gasteiger partial charge < -0.3 is 5.73 Å². The van der Waals surface area contributed by atoms with Gasteiger partial charge in [-0.05, 0) is 28.2 Å². The first kappa shape index (κ1) is 17.8. The van der Waals surface area contributed by atoms with Crippen LogP contribution in [0.5, 0.6) is 0 Å². The summed E-state index contributed by atoms with van der Waals surface area (Å²) in [5, 5.41) is 0. The van der Waals surface area contributed by atoms with Crippen LogP contribution in [0.15, 0.2) is 23.8 Å². The molecule has 0 saturated carbocycles. The molecule has 1 nitrogen and oxygen atoms in total. The van der Waals surface area contributed by atoms with Gasteiger partial charge in [-0.1, -0.05) is 73.6 Å². The van der Waals surface area contributed by atoms with E-state index in [1.165, 1.54) is 5.57 Å². The molecule has 1 aliphatic rings. The normalized spacial score (nSPS) is 28.2. The summed E-state index contributed by atoms with van der Waals surface area (Å²) in [6.07, 6.45) is 6.36. The van der Waals surface area contributed by atoms with E-state index in [-0.39, 0.29) is 16.9 Å². The average molecular weight is 298 g/mol. The Morgan fingerprint density at radius 3 is 2.00 bits per heavy atom. The molecule has 0 spiro atoms. The van der Waals surface area contributed by atoms with Crippen molar-refractivity contribution in [3.8, 4) is 0 Å². The van der Waals surface area contributed by atoms with E-state index in [0.717, 1.165) is 0 Å². The first-order chi connectivity index (χ1) is 8.89. The Kier molecular flexibility index (Phi) is 4.89. The van der Waals surface area contributed by atoms with Crippen molar-refractivity contribution in [3.63, 3.8) is 0 Å². The third kappa shape index (κ3) is 2.60. The topological polar surface area (TPSA) is 26.0 Å². The Morgan fingerprint density at radius 1 is 1.10 bits per heavy atom. The summed E-state index contributed by atoms with van der Waals surface area (Å²) in [6, 6.07) is -0.149. The molecule has 0 aromatic carbocycles. The van der Waals surface area contributed by atoms with Crippen molar-refractivity contribution in [2.45, 2.75) is 66.3 Å². The zero-order valence-electron chi connectivity index (χ0n) is 14.4. The lowest BCUT2D eigenvalue weighted by Crippen LogP contribution is -2.57. The van der Waals surface area contributed by atoms with Crippen LogP contribution < -0.4 is 5.73 Å². The molecule has 116 valence electrons. The van der Waals surface area contributed by atoms with E-state index < -0.39 is 4.87 Å². The van der Waals surface area contributed by atoms with Crippen LogP contribution in [0.3, 0.4) is 0 Å². The van der Waals surface area contributed by atoms with Gasteiger partial charge in [0.05, 0.1) is 4.87 Å². The zero-order valence-corrected chi connectivity index (χ0v) is 15.2. The molecule has 0 radical (unpaired) electrons. The number of nitrogens with two attached hydrogens (primary N) is 1. The minimum Gasteiger partial charge on any atom is -0.322 e. The molecule has 0 aromatic rings. The van der Waals surface area contributed by atoms with Gasteiger partial charge in [0.25, 0.3) is 0 Å². The van der Waals surface area contributed by atoms with Crippen LogP contribution in [-0.4, -0.2) is 10.9 Å². The van der Waals surface area contributed by atoms with Crippen molar-refractivity contribution in [2.75, 3.05) is 0 Å². The van der Waals surface area contributed by atoms with Gasteiger partial charge in [-0.3, -0.25) is 0 Å². The quantitative estimate of drug-likeness (QED) is 0.713. The predicted molar refractivity (Wildman–Crippen MR) is 91.0 cm³/mol. The highest BCUT2D eigenvalue weighted by Gasteiger charge is 2.51. The van der Waals surface area contributed by atoms with Crippen LogP contribution in [0.25, 0.3) is 0 Å². The third-order valence-electron chi connectivity index (χ3n) is 6.02. The van der Waals surface area contributed by atoms with E-state index in [2.05, 4.69) is 73.6 Å². The summed E-state index contributed by atoms with van der Waals surface area (Å²) in [5.74, 6) is 0.978. The van der Waals surface area contributed by atoms with Crippen LogP contribution in [0, 0.1) is 22.7 Å². The lowest BCUT2D eigenvalue weighted by atomic mass is 9.60. The van der Waals surface area contributed by atoms with Gasteiger partial charge in [0.15, 0.2) is 0 Å². The maximum absolute atomic E-state index is 7.07. The maximum Gasteiger partial charge on any atom is 0.0871 e. The molecule has 0 amide bonds. The summed E-state index contributed by atoms with van der Waals surface area (Å²) in [5.41, 5.74) is 7.90. The Labute approximate surface area is 130 Å². The molecule has 20 heavy (non-hydrogen) atoms. The monoisotopic (exact) mass is 297 g/mol. The van der Waals surface area contributed by atoms with Crippen molar-refractivity contribution in [1.29, 1.82) is 0 Å². The molecule has 0 aliphatic heterocycles. The fourth-order valence-electron chi connectivity index (χ4n) is 2.73. The molecule has 0 bridgehead atoms. The van der Waals surface area contributed by atoms with E-state index in [9.17, 15) is 0 Å². The molecular formula is C18H32ClN. The minimum absolute atomic E-state index is 0.0530. The molecule has 2 atom stereocenters. The first-order valence-electron chi connectivity index (χ1n) is 7.73. The van der Waals surface area contributed by atoms with E-state index >= 15 is 0 Å². The summed E-state index contributed by atoms with van der Waals surface area (Å²) < 4.78 is 0. The lowest BCUT2D eigenvalue weighted by molar-refractivity contribution is 0.165. The van der Waals surface area contributed by atoms with E-state index in [1.807, 2.05) is 0 Å². The number of alkyl halides is 1. The third-order valence-corrected chi connectivity index (χ3v) is 6.87. The number of allylic oxidation sites excluding steroid dienone is 2. The second kappa shape index (κ2) is 5.50. The summed E-state index contributed by atoms with van der Waals surface area (Å²) in [4.78, 5) is -0.530. The fourth-order valence-corrected chi connectivity index (χ4v) is 3.14. The Balaban J connectivity index is 3.28. The molecule has 0 saturated heterocycles. The van der Waals surface area contributed by atoms with Crippen molar-refractivity contribution in [2.24, 2.45) is 28.4 Å². The minimum atomic E-state index is -0.530. The van der Waals surface area contributed by atoms with Gasteiger partial charge in [0.2, 0.25) is 0 Å². The molecule has 0 aromatic heterocycles. The molecule has 2 unspecified atom stereocenters. The van der Waals surface area contributed by atoms with E-state index in [1.54, 1.807) is 0 Å². The van der Waals surface area contributed by atoms with Gasteiger partial charge in [0.1, 0.15) is 0 Å². The smallest absolute Gasteiger partial charge is 0.0871 e. The highest BCUT2D eigenvalue weighted by Crippen LogP contribution is 2.51. The maximum atomic E-state index is 7.07. The van der Waals surface area contributed by atoms with Gasteiger partial charge in [-0.15, -0.1) is 11.6 Å². The van der Waals surface area contributed by atoms with Gasteiger partial charge in [0, 0.05) is 6.04 Å². The largest absolute Gasteiger partial charge is 0.322 e.